The van der Waals surface area contributed by atoms with Crippen molar-refractivity contribution in [3.8, 4) is 0 Å². The minimum atomic E-state index is -0.0857. The summed E-state index contributed by atoms with van der Waals surface area (Å²) >= 11 is 0. The molecule has 0 saturated carbocycles. The van der Waals surface area contributed by atoms with Crippen LogP contribution in [0.15, 0.2) is 18.3 Å². The maximum atomic E-state index is 12.0. The second kappa shape index (κ2) is 5.34. The summed E-state index contributed by atoms with van der Waals surface area (Å²) in [6.45, 7) is 5.42. The van der Waals surface area contributed by atoms with Crippen LogP contribution in [0.25, 0.3) is 0 Å². The molecule has 0 atom stereocenters. The Bertz CT molecular complexity index is 338. The molecule has 1 rings (SSSR count). The van der Waals surface area contributed by atoms with E-state index in [0.717, 1.165) is 13.0 Å². The van der Waals surface area contributed by atoms with Crippen LogP contribution in [-0.4, -0.2) is 28.9 Å². The number of nitrogens with zero attached hydrogens (tertiary/aromatic N) is 2. The van der Waals surface area contributed by atoms with Crippen molar-refractivity contribution in [2.75, 3.05) is 18.8 Å². The molecule has 0 bridgehead atoms. The van der Waals surface area contributed by atoms with Crippen LogP contribution in [0.1, 0.15) is 30.8 Å². The normalized spacial score (nSPS) is 10.0. The smallest absolute Gasteiger partial charge is 0.274 e. The van der Waals surface area contributed by atoms with Gasteiger partial charge in [0.15, 0.2) is 5.69 Å². The number of hydrogen-bond acceptors (Lipinski definition) is 3. The van der Waals surface area contributed by atoms with Crippen LogP contribution in [0.2, 0.25) is 0 Å². The number of carbonyl (C=O) groups excluding carboxylic acids is 1. The Morgan fingerprint density at radius 3 is 2.80 bits per heavy atom. The molecule has 1 amide bonds. The molecule has 0 aliphatic carbocycles. The van der Waals surface area contributed by atoms with Gasteiger partial charge >= 0.3 is 0 Å². The van der Waals surface area contributed by atoms with E-state index in [4.69, 9.17) is 5.73 Å². The molecule has 0 aliphatic rings. The summed E-state index contributed by atoms with van der Waals surface area (Å²) in [6, 6.07) is 3.42. The number of nitrogens with two attached hydrogens (primary N) is 1. The summed E-state index contributed by atoms with van der Waals surface area (Å²) in [4.78, 5) is 17.7. The predicted molar refractivity (Wildman–Crippen MR) is 60.5 cm³/mol. The standard InChI is InChI=1S/C11H17N3O/c1-3-8-14(4-2)11(15)10-9(12)6-5-7-13-10/h5-7H,3-4,8,12H2,1-2H3. The first-order chi connectivity index (χ1) is 7.20. The van der Waals surface area contributed by atoms with Gasteiger partial charge < -0.3 is 10.6 Å². The number of pyridine rings is 1. The fraction of sp³-hybridized carbons (Fsp3) is 0.455. The molecule has 1 aromatic heterocycles. The summed E-state index contributed by atoms with van der Waals surface area (Å²) in [5.41, 5.74) is 6.50. The SMILES string of the molecule is CCCN(CC)C(=O)c1ncccc1N. The summed E-state index contributed by atoms with van der Waals surface area (Å²) in [7, 11) is 0. The predicted octanol–water partition coefficient (Wildman–Crippen LogP) is 1.54. The van der Waals surface area contributed by atoms with Crippen molar-refractivity contribution >= 4 is 11.6 Å². The second-order valence-corrected chi connectivity index (χ2v) is 3.33. The van der Waals surface area contributed by atoms with E-state index in [9.17, 15) is 4.79 Å². The van der Waals surface area contributed by atoms with Crippen LogP contribution in [0, 0.1) is 0 Å². The van der Waals surface area contributed by atoms with Crippen LogP contribution in [0.3, 0.4) is 0 Å². The zero-order chi connectivity index (χ0) is 11.3. The number of aromatic nitrogens is 1. The summed E-state index contributed by atoms with van der Waals surface area (Å²) < 4.78 is 0. The maximum absolute atomic E-state index is 12.0. The van der Waals surface area contributed by atoms with Gasteiger partial charge in [-0.05, 0) is 25.5 Å². The molecule has 4 heteroatoms. The van der Waals surface area contributed by atoms with Gasteiger partial charge in [0.25, 0.3) is 5.91 Å². The average molecular weight is 207 g/mol. The molecular formula is C11H17N3O. The second-order valence-electron chi connectivity index (χ2n) is 3.33. The Morgan fingerprint density at radius 2 is 2.27 bits per heavy atom. The third kappa shape index (κ3) is 2.68. The van der Waals surface area contributed by atoms with Gasteiger partial charge in [0, 0.05) is 19.3 Å². The zero-order valence-corrected chi connectivity index (χ0v) is 9.23. The molecular weight excluding hydrogens is 190 g/mol. The molecule has 1 heterocycles. The Balaban J connectivity index is 2.88. The van der Waals surface area contributed by atoms with Crippen LogP contribution >= 0.6 is 0 Å². The Labute approximate surface area is 90.1 Å². The highest BCUT2D eigenvalue weighted by Crippen LogP contribution is 2.10. The highest BCUT2D eigenvalue weighted by Gasteiger charge is 2.16. The summed E-state index contributed by atoms with van der Waals surface area (Å²) in [5.74, 6) is -0.0857. The Hall–Kier alpha value is -1.58. The molecule has 15 heavy (non-hydrogen) atoms. The number of carbonyl (C=O) groups is 1. The van der Waals surface area contributed by atoms with Crippen molar-refractivity contribution in [3.05, 3.63) is 24.0 Å². The van der Waals surface area contributed by atoms with E-state index in [1.807, 2.05) is 13.8 Å². The maximum Gasteiger partial charge on any atom is 0.274 e. The molecule has 0 unspecified atom stereocenters. The van der Waals surface area contributed by atoms with E-state index in [-0.39, 0.29) is 5.91 Å². The minimum absolute atomic E-state index is 0.0857. The van der Waals surface area contributed by atoms with Gasteiger partial charge in [0.1, 0.15) is 0 Å². The lowest BCUT2D eigenvalue weighted by Gasteiger charge is -2.19. The summed E-state index contributed by atoms with van der Waals surface area (Å²) in [6.07, 6.45) is 2.52. The van der Waals surface area contributed by atoms with E-state index in [1.165, 1.54) is 0 Å². The van der Waals surface area contributed by atoms with E-state index in [1.54, 1.807) is 23.2 Å². The number of amides is 1. The van der Waals surface area contributed by atoms with Gasteiger partial charge in [-0.3, -0.25) is 4.79 Å². The highest BCUT2D eigenvalue weighted by molar-refractivity contribution is 5.97. The van der Waals surface area contributed by atoms with Crippen LogP contribution < -0.4 is 5.73 Å². The first kappa shape index (κ1) is 11.5. The topological polar surface area (TPSA) is 59.2 Å². The molecule has 82 valence electrons. The van der Waals surface area contributed by atoms with Gasteiger partial charge in [0.2, 0.25) is 0 Å². The van der Waals surface area contributed by atoms with Crippen molar-refractivity contribution in [1.82, 2.24) is 9.88 Å². The Kier molecular flexibility index (Phi) is 4.09. The molecule has 2 N–H and O–H groups in total. The summed E-state index contributed by atoms with van der Waals surface area (Å²) in [5, 5.41) is 0. The molecule has 1 aromatic rings. The number of anilines is 1. The fourth-order valence-corrected chi connectivity index (χ4v) is 1.42. The quantitative estimate of drug-likeness (QED) is 0.814. The van der Waals surface area contributed by atoms with Crippen molar-refractivity contribution in [2.24, 2.45) is 0 Å². The molecule has 0 aromatic carbocycles. The largest absolute Gasteiger partial charge is 0.397 e. The van der Waals surface area contributed by atoms with Crippen molar-refractivity contribution in [3.63, 3.8) is 0 Å². The van der Waals surface area contributed by atoms with E-state index in [0.29, 0.717) is 17.9 Å². The van der Waals surface area contributed by atoms with E-state index < -0.39 is 0 Å². The minimum Gasteiger partial charge on any atom is -0.397 e. The third-order valence-corrected chi connectivity index (χ3v) is 2.20. The first-order valence-corrected chi connectivity index (χ1v) is 5.20. The fourth-order valence-electron chi connectivity index (χ4n) is 1.42. The molecule has 0 fully saturated rings. The lowest BCUT2D eigenvalue weighted by Crippen LogP contribution is -2.32. The van der Waals surface area contributed by atoms with Crippen molar-refractivity contribution in [2.45, 2.75) is 20.3 Å². The number of hydrogen-bond donors (Lipinski definition) is 1. The number of nitrogen functional groups attached to an aromatic ring is 1. The van der Waals surface area contributed by atoms with Gasteiger partial charge in [-0.25, -0.2) is 4.98 Å². The van der Waals surface area contributed by atoms with E-state index in [2.05, 4.69) is 4.98 Å². The number of rotatable bonds is 4. The van der Waals surface area contributed by atoms with Gasteiger partial charge in [-0.2, -0.15) is 0 Å². The molecule has 0 radical (unpaired) electrons. The molecule has 0 spiro atoms. The van der Waals surface area contributed by atoms with Gasteiger partial charge in [-0.15, -0.1) is 0 Å². The van der Waals surface area contributed by atoms with Gasteiger partial charge in [0.05, 0.1) is 5.69 Å². The highest BCUT2D eigenvalue weighted by atomic mass is 16.2. The molecule has 4 nitrogen and oxygen atoms in total. The lowest BCUT2D eigenvalue weighted by atomic mass is 10.2. The van der Waals surface area contributed by atoms with Crippen LogP contribution in [-0.2, 0) is 0 Å². The van der Waals surface area contributed by atoms with E-state index >= 15 is 0 Å². The first-order valence-electron chi connectivity index (χ1n) is 5.20. The molecule has 0 aliphatic heterocycles. The molecule has 0 saturated heterocycles. The zero-order valence-electron chi connectivity index (χ0n) is 9.23. The Morgan fingerprint density at radius 1 is 1.53 bits per heavy atom. The van der Waals surface area contributed by atoms with Crippen molar-refractivity contribution in [1.29, 1.82) is 0 Å². The van der Waals surface area contributed by atoms with Gasteiger partial charge in [-0.1, -0.05) is 6.92 Å². The lowest BCUT2D eigenvalue weighted by molar-refractivity contribution is 0.0760. The van der Waals surface area contributed by atoms with Crippen LogP contribution in [0.5, 0.6) is 0 Å². The average Bonchev–Trinajstić information content (AvgIpc) is 2.25. The third-order valence-electron chi connectivity index (χ3n) is 2.20. The van der Waals surface area contributed by atoms with Crippen LogP contribution in [0.4, 0.5) is 5.69 Å². The van der Waals surface area contributed by atoms with Crippen molar-refractivity contribution < 1.29 is 4.79 Å². The monoisotopic (exact) mass is 207 g/mol.